The number of carboxylic acids is 2. The molecule has 8 N–H and O–H groups in total. The predicted octanol–water partition coefficient (Wildman–Crippen LogP) is -2.61. The summed E-state index contributed by atoms with van der Waals surface area (Å²) in [7, 11) is 0. The van der Waals surface area contributed by atoms with Gasteiger partial charge in [0, 0.05) is 0 Å². The normalized spacial score (nSPS) is 15.1. The van der Waals surface area contributed by atoms with Crippen molar-refractivity contribution in [1.29, 1.82) is 0 Å². The van der Waals surface area contributed by atoms with Crippen LogP contribution < -0.4 is 21.7 Å². The quantitative estimate of drug-likeness (QED) is 0.181. The average molecular weight is 404 g/mol. The van der Waals surface area contributed by atoms with Crippen molar-refractivity contribution < 1.29 is 39.3 Å². The summed E-state index contributed by atoms with van der Waals surface area (Å²) < 4.78 is 0. The molecule has 0 saturated carbocycles. The van der Waals surface area contributed by atoms with Crippen molar-refractivity contribution >= 4 is 29.7 Å². The van der Waals surface area contributed by atoms with Gasteiger partial charge in [0.1, 0.15) is 12.1 Å². The van der Waals surface area contributed by atoms with E-state index < -0.39 is 66.9 Å². The van der Waals surface area contributed by atoms with Crippen LogP contribution in [0.15, 0.2) is 0 Å². The zero-order valence-electron chi connectivity index (χ0n) is 16.0. The third kappa shape index (κ3) is 9.83. The van der Waals surface area contributed by atoms with E-state index in [1.807, 2.05) is 19.2 Å². The Bertz CT molecular complexity index is 593. The van der Waals surface area contributed by atoms with Gasteiger partial charge in [-0.2, -0.15) is 0 Å². The first kappa shape index (κ1) is 25.3. The van der Waals surface area contributed by atoms with E-state index in [-0.39, 0.29) is 5.92 Å². The largest absolute Gasteiger partial charge is 0.481 e. The molecule has 3 amide bonds. The Morgan fingerprint density at radius 2 is 1.54 bits per heavy atom. The summed E-state index contributed by atoms with van der Waals surface area (Å²) in [5.74, 6) is -5.32. The van der Waals surface area contributed by atoms with Gasteiger partial charge in [-0.05, 0) is 19.3 Å². The molecule has 4 atom stereocenters. The fourth-order valence-corrected chi connectivity index (χ4v) is 2.18. The summed E-state index contributed by atoms with van der Waals surface area (Å²) in [6.45, 7) is 4.30. The number of carbonyl (C=O) groups is 5. The number of hydrogen-bond acceptors (Lipinski definition) is 7. The van der Waals surface area contributed by atoms with Gasteiger partial charge >= 0.3 is 11.9 Å². The minimum Gasteiger partial charge on any atom is -0.481 e. The minimum absolute atomic E-state index is 0.135. The predicted molar refractivity (Wildman–Crippen MR) is 95.9 cm³/mol. The number of carbonyl (C=O) groups excluding carboxylic acids is 3. The number of aliphatic hydroxyl groups excluding tert-OH is 1. The fourth-order valence-electron chi connectivity index (χ4n) is 2.18. The Hall–Kier alpha value is -2.73. The van der Waals surface area contributed by atoms with Crippen LogP contribution in [0.1, 0.15) is 33.6 Å². The molecule has 0 aromatic heterocycles. The van der Waals surface area contributed by atoms with E-state index in [4.69, 9.17) is 15.9 Å². The van der Waals surface area contributed by atoms with E-state index in [0.29, 0.717) is 6.42 Å². The molecule has 0 saturated heterocycles. The SMILES string of the molecule is CC(C)CC(N)C(=O)NC(C(=O)NCC(=O)NC(CC(=O)O)C(=O)O)C(C)O. The summed E-state index contributed by atoms with van der Waals surface area (Å²) >= 11 is 0. The number of carboxylic acid groups (broad SMARTS) is 2. The van der Waals surface area contributed by atoms with E-state index in [9.17, 15) is 29.1 Å². The maximum Gasteiger partial charge on any atom is 0.326 e. The second kappa shape index (κ2) is 11.9. The van der Waals surface area contributed by atoms with Crippen LogP contribution in [0.5, 0.6) is 0 Å². The van der Waals surface area contributed by atoms with Gasteiger partial charge in [-0.1, -0.05) is 13.8 Å². The molecule has 0 spiro atoms. The van der Waals surface area contributed by atoms with Crippen LogP contribution in [0.2, 0.25) is 0 Å². The van der Waals surface area contributed by atoms with Gasteiger partial charge in [0.25, 0.3) is 0 Å². The lowest BCUT2D eigenvalue weighted by Gasteiger charge is -2.23. The Morgan fingerprint density at radius 3 is 1.96 bits per heavy atom. The second-order valence-electron chi connectivity index (χ2n) is 6.74. The molecule has 0 fully saturated rings. The zero-order valence-corrected chi connectivity index (χ0v) is 16.0. The van der Waals surface area contributed by atoms with Crippen LogP contribution in [0.25, 0.3) is 0 Å². The van der Waals surface area contributed by atoms with Crippen molar-refractivity contribution in [3.8, 4) is 0 Å². The van der Waals surface area contributed by atoms with Crippen LogP contribution in [0.4, 0.5) is 0 Å². The zero-order chi connectivity index (χ0) is 22.0. The summed E-state index contributed by atoms with van der Waals surface area (Å²) in [4.78, 5) is 57.4. The lowest BCUT2D eigenvalue weighted by molar-refractivity contribution is -0.147. The fraction of sp³-hybridized carbons (Fsp3) is 0.688. The number of nitrogens with one attached hydrogen (secondary N) is 3. The first-order valence-corrected chi connectivity index (χ1v) is 8.60. The van der Waals surface area contributed by atoms with Gasteiger partial charge in [-0.25, -0.2) is 4.79 Å². The molecule has 160 valence electrons. The van der Waals surface area contributed by atoms with E-state index in [0.717, 1.165) is 0 Å². The molecule has 0 bridgehead atoms. The number of amides is 3. The highest BCUT2D eigenvalue weighted by molar-refractivity contribution is 5.93. The topological polar surface area (TPSA) is 208 Å². The number of hydrogen-bond donors (Lipinski definition) is 7. The third-order valence-corrected chi connectivity index (χ3v) is 3.56. The van der Waals surface area contributed by atoms with E-state index >= 15 is 0 Å². The summed E-state index contributed by atoms with van der Waals surface area (Å²) in [6.07, 6.45) is -1.77. The Kier molecular flexibility index (Phi) is 10.7. The van der Waals surface area contributed by atoms with Gasteiger partial charge in [-0.3, -0.25) is 19.2 Å². The first-order valence-electron chi connectivity index (χ1n) is 8.60. The van der Waals surface area contributed by atoms with Crippen LogP contribution in [0, 0.1) is 5.92 Å². The number of aliphatic carboxylic acids is 2. The van der Waals surface area contributed by atoms with Gasteiger partial charge in [0.2, 0.25) is 17.7 Å². The Balaban J connectivity index is 4.76. The molecule has 0 aliphatic heterocycles. The molecule has 12 nitrogen and oxygen atoms in total. The molecule has 0 rings (SSSR count). The molecule has 4 unspecified atom stereocenters. The standard InChI is InChI=1S/C16H28N4O8/c1-7(2)4-9(17)14(25)20-13(8(3)21)15(26)18-6-11(22)19-10(16(27)28)5-12(23)24/h7-10,13,21H,4-6,17H2,1-3H3,(H,18,26)(H,19,22)(H,20,25)(H,23,24)(H,27,28). The van der Waals surface area contributed by atoms with Crippen molar-refractivity contribution in [1.82, 2.24) is 16.0 Å². The lowest BCUT2D eigenvalue weighted by Crippen LogP contribution is -2.57. The lowest BCUT2D eigenvalue weighted by atomic mass is 10.0. The average Bonchev–Trinajstić information content (AvgIpc) is 2.55. The van der Waals surface area contributed by atoms with E-state index in [1.54, 1.807) is 0 Å². The van der Waals surface area contributed by atoms with Gasteiger partial charge in [-0.15, -0.1) is 0 Å². The number of rotatable bonds is 12. The molecular formula is C16H28N4O8. The summed E-state index contributed by atoms with van der Waals surface area (Å²) in [6, 6.07) is -3.93. The molecule has 12 heteroatoms. The molecule has 0 aromatic carbocycles. The molecule has 0 aliphatic carbocycles. The monoisotopic (exact) mass is 404 g/mol. The molecule has 0 radical (unpaired) electrons. The number of aliphatic hydroxyl groups is 1. The van der Waals surface area contributed by atoms with Crippen molar-refractivity contribution in [2.75, 3.05) is 6.54 Å². The molecular weight excluding hydrogens is 376 g/mol. The van der Waals surface area contributed by atoms with Crippen molar-refractivity contribution in [2.45, 2.75) is 57.8 Å². The highest BCUT2D eigenvalue weighted by Crippen LogP contribution is 2.04. The minimum atomic E-state index is -1.66. The van der Waals surface area contributed by atoms with Gasteiger partial charge in [0.05, 0.1) is 25.1 Å². The van der Waals surface area contributed by atoms with Crippen molar-refractivity contribution in [2.24, 2.45) is 11.7 Å². The molecule has 0 aromatic rings. The molecule has 28 heavy (non-hydrogen) atoms. The smallest absolute Gasteiger partial charge is 0.326 e. The maximum atomic E-state index is 12.1. The number of nitrogens with two attached hydrogens (primary N) is 1. The highest BCUT2D eigenvalue weighted by atomic mass is 16.4. The highest BCUT2D eigenvalue weighted by Gasteiger charge is 2.29. The van der Waals surface area contributed by atoms with Crippen LogP contribution in [-0.2, 0) is 24.0 Å². The van der Waals surface area contributed by atoms with Crippen LogP contribution in [0.3, 0.4) is 0 Å². The third-order valence-electron chi connectivity index (χ3n) is 3.56. The summed E-state index contributed by atoms with van der Waals surface area (Å²) in [5.41, 5.74) is 5.72. The maximum absolute atomic E-state index is 12.1. The van der Waals surface area contributed by atoms with Crippen LogP contribution >= 0.6 is 0 Å². The molecule has 0 aliphatic rings. The first-order chi connectivity index (χ1) is 12.8. The van der Waals surface area contributed by atoms with E-state index in [1.165, 1.54) is 6.92 Å². The second-order valence-corrected chi connectivity index (χ2v) is 6.74. The van der Waals surface area contributed by atoms with Crippen LogP contribution in [-0.4, -0.2) is 75.8 Å². The van der Waals surface area contributed by atoms with Gasteiger partial charge in [0.15, 0.2) is 0 Å². The van der Waals surface area contributed by atoms with Crippen molar-refractivity contribution in [3.63, 3.8) is 0 Å². The summed E-state index contributed by atoms with van der Waals surface area (Å²) in [5, 5.41) is 33.6. The Morgan fingerprint density at radius 1 is 0.964 bits per heavy atom. The van der Waals surface area contributed by atoms with E-state index in [2.05, 4.69) is 10.6 Å². The molecule has 0 heterocycles. The van der Waals surface area contributed by atoms with Crippen molar-refractivity contribution in [3.05, 3.63) is 0 Å². The Labute approximate surface area is 161 Å². The van der Waals surface area contributed by atoms with Gasteiger partial charge < -0.3 is 37.0 Å².